The number of Topliss-reactive ketones (excluding diaryl/α,β-unsaturated/α-hetero) is 1. The summed E-state index contributed by atoms with van der Waals surface area (Å²) in [4.78, 5) is 12.7. The third kappa shape index (κ3) is 4.27. The van der Waals surface area contributed by atoms with Crippen molar-refractivity contribution in [1.82, 2.24) is 0 Å². The minimum Gasteiger partial charge on any atom is -0.403 e. The van der Waals surface area contributed by atoms with Crippen LogP contribution in [0.25, 0.3) is 0 Å². The molecule has 1 atom stereocenters. The number of hydrogen-bond acceptors (Lipinski definition) is 2. The average Bonchev–Trinajstić information content (AvgIpc) is 3.34. The third-order valence-electron chi connectivity index (χ3n) is 4.88. The number of rotatable bonds is 9. The van der Waals surface area contributed by atoms with Gasteiger partial charge >= 0.3 is 0 Å². The predicted octanol–water partition coefficient (Wildman–Crippen LogP) is 5.12. The minimum absolute atomic E-state index is 0.288. The van der Waals surface area contributed by atoms with Crippen LogP contribution in [0.1, 0.15) is 51.7 Å². The molecule has 21 heavy (non-hydrogen) atoms. The SMILES string of the molecule is CC[Si](CC)(CC)OC(C(=O)CC1CC1)c1ccccc1. The summed E-state index contributed by atoms with van der Waals surface area (Å²) in [6.45, 7) is 6.64. The van der Waals surface area contributed by atoms with Gasteiger partial charge in [0.15, 0.2) is 14.1 Å². The van der Waals surface area contributed by atoms with Crippen molar-refractivity contribution in [3.05, 3.63) is 35.9 Å². The Balaban J connectivity index is 2.20. The zero-order valence-electron chi connectivity index (χ0n) is 13.6. The van der Waals surface area contributed by atoms with Crippen molar-refractivity contribution in [3.63, 3.8) is 0 Å². The second-order valence-corrected chi connectivity index (χ2v) is 11.0. The Morgan fingerprint density at radius 2 is 1.71 bits per heavy atom. The smallest absolute Gasteiger partial charge is 0.193 e. The Morgan fingerprint density at radius 1 is 1.14 bits per heavy atom. The highest BCUT2D eigenvalue weighted by Gasteiger charge is 2.37. The highest BCUT2D eigenvalue weighted by Crippen LogP contribution is 2.37. The van der Waals surface area contributed by atoms with Crippen LogP contribution < -0.4 is 0 Å². The molecule has 0 spiro atoms. The molecule has 0 N–H and O–H groups in total. The van der Waals surface area contributed by atoms with E-state index in [1.807, 2.05) is 30.3 Å². The number of carbonyl (C=O) groups excluding carboxylic acids is 1. The molecule has 0 aliphatic heterocycles. The van der Waals surface area contributed by atoms with E-state index in [4.69, 9.17) is 4.43 Å². The Hall–Kier alpha value is -0.933. The van der Waals surface area contributed by atoms with Crippen LogP contribution in [-0.4, -0.2) is 14.1 Å². The molecule has 0 heterocycles. The molecule has 0 amide bonds. The van der Waals surface area contributed by atoms with E-state index in [-0.39, 0.29) is 11.9 Å². The third-order valence-corrected chi connectivity index (χ3v) is 9.48. The van der Waals surface area contributed by atoms with E-state index in [2.05, 4.69) is 20.8 Å². The summed E-state index contributed by atoms with van der Waals surface area (Å²) in [5.74, 6) is 0.907. The van der Waals surface area contributed by atoms with Crippen LogP contribution in [0.3, 0.4) is 0 Å². The van der Waals surface area contributed by atoms with Gasteiger partial charge in [0.1, 0.15) is 6.10 Å². The van der Waals surface area contributed by atoms with E-state index in [0.29, 0.717) is 12.3 Å². The fraction of sp³-hybridized carbons (Fsp3) is 0.611. The Bertz CT molecular complexity index is 441. The molecule has 116 valence electrons. The molecule has 1 aliphatic carbocycles. The molecule has 1 aromatic rings. The molecular formula is C18H28O2Si. The summed E-state index contributed by atoms with van der Waals surface area (Å²) in [7, 11) is -1.78. The van der Waals surface area contributed by atoms with Crippen molar-refractivity contribution in [2.75, 3.05) is 0 Å². The van der Waals surface area contributed by atoms with Crippen LogP contribution in [0.2, 0.25) is 18.1 Å². The summed E-state index contributed by atoms with van der Waals surface area (Å²) >= 11 is 0. The van der Waals surface area contributed by atoms with Crippen molar-refractivity contribution in [2.24, 2.45) is 5.92 Å². The van der Waals surface area contributed by atoms with E-state index in [1.54, 1.807) is 0 Å². The van der Waals surface area contributed by atoms with Crippen molar-refractivity contribution >= 4 is 14.1 Å². The number of benzene rings is 1. The Labute approximate surface area is 130 Å². The number of ketones is 1. The molecule has 2 nitrogen and oxygen atoms in total. The molecule has 1 saturated carbocycles. The molecule has 1 fully saturated rings. The first-order valence-electron chi connectivity index (χ1n) is 8.39. The van der Waals surface area contributed by atoms with Gasteiger partial charge in [0.25, 0.3) is 0 Å². The largest absolute Gasteiger partial charge is 0.403 e. The van der Waals surface area contributed by atoms with E-state index in [0.717, 1.165) is 23.7 Å². The summed E-state index contributed by atoms with van der Waals surface area (Å²) < 4.78 is 6.55. The quantitative estimate of drug-likeness (QED) is 0.592. The predicted molar refractivity (Wildman–Crippen MR) is 89.8 cm³/mol. The lowest BCUT2D eigenvalue weighted by Crippen LogP contribution is -2.39. The van der Waals surface area contributed by atoms with E-state index >= 15 is 0 Å². The Kier molecular flexibility index (Phi) is 5.77. The van der Waals surface area contributed by atoms with Crippen molar-refractivity contribution in [2.45, 2.75) is 64.3 Å². The maximum Gasteiger partial charge on any atom is 0.193 e. The molecular weight excluding hydrogens is 276 g/mol. The fourth-order valence-corrected chi connectivity index (χ4v) is 5.68. The fourth-order valence-electron chi connectivity index (χ4n) is 2.91. The molecule has 1 aliphatic rings. The van der Waals surface area contributed by atoms with Gasteiger partial charge in [-0.3, -0.25) is 4.79 Å². The highest BCUT2D eigenvalue weighted by molar-refractivity contribution is 6.73. The standard InChI is InChI=1S/C18H28O2Si/c1-4-21(5-2,6-3)20-18(16-10-8-7-9-11-16)17(19)14-15-12-13-15/h7-11,15,18H,4-6,12-14H2,1-3H3. The second kappa shape index (κ2) is 7.37. The summed E-state index contributed by atoms with van der Waals surface area (Å²) in [6.07, 6.45) is 2.79. The van der Waals surface area contributed by atoms with Crippen LogP contribution >= 0.6 is 0 Å². The number of carbonyl (C=O) groups is 1. The average molecular weight is 305 g/mol. The van der Waals surface area contributed by atoms with Gasteiger partial charge in [-0.2, -0.15) is 0 Å². The van der Waals surface area contributed by atoms with Crippen LogP contribution in [-0.2, 0) is 9.22 Å². The van der Waals surface area contributed by atoms with Gasteiger partial charge in [-0.1, -0.05) is 51.1 Å². The zero-order valence-corrected chi connectivity index (χ0v) is 14.6. The van der Waals surface area contributed by atoms with E-state index in [1.165, 1.54) is 12.8 Å². The van der Waals surface area contributed by atoms with Crippen molar-refractivity contribution < 1.29 is 9.22 Å². The van der Waals surface area contributed by atoms with E-state index < -0.39 is 8.32 Å². The molecule has 1 unspecified atom stereocenters. The normalized spacial score (nSPS) is 16.7. The van der Waals surface area contributed by atoms with Gasteiger partial charge in [0.2, 0.25) is 0 Å². The maximum atomic E-state index is 12.7. The van der Waals surface area contributed by atoms with Crippen LogP contribution in [0, 0.1) is 5.92 Å². The molecule has 0 radical (unpaired) electrons. The Morgan fingerprint density at radius 3 is 2.19 bits per heavy atom. The van der Waals surface area contributed by atoms with Gasteiger partial charge in [-0.25, -0.2) is 0 Å². The lowest BCUT2D eigenvalue weighted by atomic mass is 10.0. The zero-order chi connectivity index (χ0) is 15.3. The molecule has 0 bridgehead atoms. The minimum atomic E-state index is -1.78. The maximum absolute atomic E-state index is 12.7. The van der Waals surface area contributed by atoms with Gasteiger partial charge in [-0.05, 0) is 42.5 Å². The molecule has 0 aromatic heterocycles. The van der Waals surface area contributed by atoms with Crippen molar-refractivity contribution in [3.8, 4) is 0 Å². The van der Waals surface area contributed by atoms with Crippen LogP contribution in [0.15, 0.2) is 30.3 Å². The van der Waals surface area contributed by atoms with Crippen molar-refractivity contribution in [1.29, 1.82) is 0 Å². The lowest BCUT2D eigenvalue weighted by Gasteiger charge is -2.33. The van der Waals surface area contributed by atoms with Gasteiger partial charge in [-0.15, -0.1) is 0 Å². The second-order valence-electron chi connectivity index (χ2n) is 6.27. The first-order valence-corrected chi connectivity index (χ1v) is 10.9. The van der Waals surface area contributed by atoms with Gasteiger partial charge in [0, 0.05) is 6.42 Å². The lowest BCUT2D eigenvalue weighted by molar-refractivity contribution is -0.126. The topological polar surface area (TPSA) is 26.3 Å². The molecule has 3 heteroatoms. The number of hydrogen-bond donors (Lipinski definition) is 0. The summed E-state index contributed by atoms with van der Waals surface area (Å²) in [5.41, 5.74) is 1.04. The van der Waals surface area contributed by atoms with E-state index in [9.17, 15) is 4.79 Å². The summed E-state index contributed by atoms with van der Waals surface area (Å²) in [6, 6.07) is 13.3. The molecule has 2 rings (SSSR count). The molecule has 1 aromatic carbocycles. The van der Waals surface area contributed by atoms with Crippen LogP contribution in [0.4, 0.5) is 0 Å². The van der Waals surface area contributed by atoms with Gasteiger partial charge < -0.3 is 4.43 Å². The van der Waals surface area contributed by atoms with Crippen LogP contribution in [0.5, 0.6) is 0 Å². The highest BCUT2D eigenvalue weighted by atomic mass is 28.4. The monoisotopic (exact) mass is 304 g/mol. The first-order chi connectivity index (χ1) is 10.1. The first kappa shape index (κ1) is 16.4. The summed E-state index contributed by atoms with van der Waals surface area (Å²) in [5, 5.41) is 0. The molecule has 0 saturated heterocycles. The van der Waals surface area contributed by atoms with Gasteiger partial charge in [0.05, 0.1) is 0 Å².